The van der Waals surface area contributed by atoms with Gasteiger partial charge in [-0.1, -0.05) is 6.07 Å². The molecule has 0 aliphatic carbocycles. The molecule has 0 spiro atoms. The van der Waals surface area contributed by atoms with Crippen molar-refractivity contribution in [3.8, 4) is 11.3 Å². The Kier molecular flexibility index (Phi) is 6.63. The number of anilines is 1. The molecule has 11 nitrogen and oxygen atoms in total. The minimum Gasteiger partial charge on any atom is -0.364 e. The molecule has 3 aromatic heterocycles. The van der Waals surface area contributed by atoms with Crippen LogP contribution in [0, 0.1) is 6.92 Å². The lowest BCUT2D eigenvalue weighted by atomic mass is 10.2. The van der Waals surface area contributed by atoms with Gasteiger partial charge in [-0.15, -0.1) is 0 Å². The Balaban J connectivity index is 1.56. The summed E-state index contributed by atoms with van der Waals surface area (Å²) in [4.78, 5) is 51.2. The van der Waals surface area contributed by atoms with Crippen molar-refractivity contribution in [2.45, 2.75) is 32.1 Å². The molecule has 0 unspecified atom stereocenters. The number of hydrogen-bond donors (Lipinski definition) is 2. The molecular weight excluding hydrogens is 511 g/mol. The average molecular weight is 531 g/mol. The Hall–Kier alpha value is -3.74. The number of hydrogen-bond acceptors (Lipinski definition) is 7. The molecule has 0 aromatic carbocycles. The molecule has 3 aromatic rings. The zero-order valence-electron chi connectivity index (χ0n) is 18.0. The zero-order valence-corrected chi connectivity index (χ0v) is 19.6. The molecule has 0 radical (unpaired) electrons. The molecule has 2 atom stereocenters. The number of amides is 3. The molecule has 0 bridgehead atoms. The number of likely N-dealkylation sites (tertiary alicyclic amines) is 1. The fourth-order valence-electron chi connectivity index (χ4n) is 3.63. The van der Waals surface area contributed by atoms with Crippen molar-refractivity contribution in [1.82, 2.24) is 29.6 Å². The minimum atomic E-state index is -1.36. The van der Waals surface area contributed by atoms with Crippen LogP contribution in [0.5, 0.6) is 0 Å². The largest absolute Gasteiger partial charge is 0.364 e. The van der Waals surface area contributed by atoms with Gasteiger partial charge in [0.15, 0.2) is 5.69 Å². The highest BCUT2D eigenvalue weighted by Crippen LogP contribution is 2.24. The first kappa shape index (κ1) is 23.4. The van der Waals surface area contributed by atoms with Crippen molar-refractivity contribution in [2.75, 3.05) is 11.9 Å². The fourth-order valence-corrected chi connectivity index (χ4v) is 3.97. The van der Waals surface area contributed by atoms with Gasteiger partial charge in [0.25, 0.3) is 5.91 Å². The van der Waals surface area contributed by atoms with Crippen molar-refractivity contribution < 1.29 is 18.8 Å². The number of rotatable bonds is 6. The summed E-state index contributed by atoms with van der Waals surface area (Å²) in [5.74, 6) is -1.06. The lowest BCUT2D eigenvalue weighted by Gasteiger charge is -2.23. The van der Waals surface area contributed by atoms with Gasteiger partial charge in [0.1, 0.15) is 35.0 Å². The maximum absolute atomic E-state index is 14.3. The predicted octanol–water partition coefficient (Wildman–Crippen LogP) is 1.48. The van der Waals surface area contributed by atoms with Crippen molar-refractivity contribution in [1.29, 1.82) is 0 Å². The molecule has 1 aliphatic rings. The molecule has 176 valence electrons. The standard InChI is InChI=1S/C21H20BrFN8O3/c1-11-25-7-12(8-26-11)15-6-14(20(24)33)29-31(15)10-19(32)30-9-13(23)5-16(30)21(34)28-18-4-2-3-17(22)27-18/h2-4,6-8,13,16H,5,9-10H2,1H3,(H2,24,33)(H,27,28,34)/t13-,16+/m1/s1. The van der Waals surface area contributed by atoms with Crippen LogP contribution in [0.25, 0.3) is 11.3 Å². The van der Waals surface area contributed by atoms with E-state index in [2.05, 4.69) is 41.3 Å². The summed E-state index contributed by atoms with van der Waals surface area (Å²) >= 11 is 3.22. The maximum Gasteiger partial charge on any atom is 0.269 e. The Morgan fingerprint density at radius 2 is 2.00 bits per heavy atom. The van der Waals surface area contributed by atoms with E-state index < -0.39 is 29.9 Å². The van der Waals surface area contributed by atoms with Crippen molar-refractivity contribution >= 4 is 39.5 Å². The van der Waals surface area contributed by atoms with Crippen LogP contribution in [-0.2, 0) is 16.1 Å². The molecule has 4 rings (SSSR count). The molecular formula is C21H20BrFN8O3. The third-order valence-corrected chi connectivity index (χ3v) is 5.68. The molecule has 13 heteroatoms. The van der Waals surface area contributed by atoms with Gasteiger partial charge in [-0.3, -0.25) is 19.1 Å². The molecule has 34 heavy (non-hydrogen) atoms. The van der Waals surface area contributed by atoms with Gasteiger partial charge in [-0.25, -0.2) is 19.3 Å². The molecule has 1 fully saturated rings. The van der Waals surface area contributed by atoms with Crippen LogP contribution < -0.4 is 11.1 Å². The third kappa shape index (κ3) is 5.09. The van der Waals surface area contributed by atoms with Gasteiger partial charge < -0.3 is 16.0 Å². The molecule has 0 saturated carbocycles. The van der Waals surface area contributed by atoms with Gasteiger partial charge >= 0.3 is 0 Å². The minimum absolute atomic E-state index is 0.0526. The first-order valence-corrected chi connectivity index (χ1v) is 11.0. The van der Waals surface area contributed by atoms with E-state index in [9.17, 15) is 18.8 Å². The number of aromatic nitrogens is 5. The van der Waals surface area contributed by atoms with Gasteiger partial charge in [0.05, 0.1) is 12.2 Å². The van der Waals surface area contributed by atoms with Crippen LogP contribution in [0.1, 0.15) is 22.7 Å². The second kappa shape index (κ2) is 9.63. The molecule has 4 heterocycles. The number of carbonyl (C=O) groups is 3. The highest BCUT2D eigenvalue weighted by Gasteiger charge is 2.40. The maximum atomic E-state index is 14.3. The summed E-state index contributed by atoms with van der Waals surface area (Å²) in [6.45, 7) is 1.13. The summed E-state index contributed by atoms with van der Waals surface area (Å²) in [6.07, 6.45) is 1.55. The van der Waals surface area contributed by atoms with E-state index >= 15 is 0 Å². The van der Waals surface area contributed by atoms with Gasteiger partial charge in [-0.05, 0) is 41.1 Å². The van der Waals surface area contributed by atoms with Crippen LogP contribution in [0.3, 0.4) is 0 Å². The summed E-state index contributed by atoms with van der Waals surface area (Å²) in [7, 11) is 0. The predicted molar refractivity (Wildman–Crippen MR) is 122 cm³/mol. The first-order valence-electron chi connectivity index (χ1n) is 10.2. The quantitative estimate of drug-likeness (QED) is 0.458. The molecule has 3 N–H and O–H groups in total. The second-order valence-electron chi connectivity index (χ2n) is 7.69. The highest BCUT2D eigenvalue weighted by atomic mass is 79.9. The van der Waals surface area contributed by atoms with Crippen LogP contribution in [0.15, 0.2) is 41.3 Å². The zero-order chi connectivity index (χ0) is 24.4. The topological polar surface area (TPSA) is 149 Å². The fraction of sp³-hybridized carbons (Fsp3) is 0.286. The van der Waals surface area contributed by atoms with E-state index in [1.165, 1.54) is 28.0 Å². The summed E-state index contributed by atoms with van der Waals surface area (Å²) in [5, 5.41) is 6.73. The molecule has 1 saturated heterocycles. The van der Waals surface area contributed by atoms with E-state index in [-0.39, 0.29) is 31.0 Å². The van der Waals surface area contributed by atoms with Crippen molar-refractivity contribution in [2.24, 2.45) is 5.73 Å². The van der Waals surface area contributed by atoms with Crippen LogP contribution in [0.4, 0.5) is 10.2 Å². The van der Waals surface area contributed by atoms with Crippen molar-refractivity contribution in [3.63, 3.8) is 0 Å². The third-order valence-electron chi connectivity index (χ3n) is 5.23. The highest BCUT2D eigenvalue weighted by molar-refractivity contribution is 9.10. The van der Waals surface area contributed by atoms with E-state index in [0.29, 0.717) is 21.7 Å². The number of nitrogens with one attached hydrogen (secondary N) is 1. The lowest BCUT2D eigenvalue weighted by molar-refractivity contribution is -0.137. The first-order chi connectivity index (χ1) is 16.2. The van der Waals surface area contributed by atoms with E-state index in [1.54, 1.807) is 25.1 Å². The number of primary amides is 1. The van der Waals surface area contributed by atoms with E-state index in [0.717, 1.165) is 0 Å². The SMILES string of the molecule is Cc1ncc(-c2cc(C(N)=O)nn2CC(=O)N2C[C@H](F)C[C@H]2C(=O)Nc2cccc(Br)n2)cn1. The normalized spacial score (nSPS) is 17.6. The Morgan fingerprint density at radius 1 is 1.26 bits per heavy atom. The number of carbonyl (C=O) groups excluding carboxylic acids is 3. The number of pyridine rings is 1. The summed E-state index contributed by atoms with van der Waals surface area (Å²) in [5.41, 5.74) is 6.21. The summed E-state index contributed by atoms with van der Waals surface area (Å²) < 4.78 is 16.1. The summed E-state index contributed by atoms with van der Waals surface area (Å²) in [6, 6.07) is 5.36. The van der Waals surface area contributed by atoms with Crippen molar-refractivity contribution in [3.05, 3.63) is 52.8 Å². The number of aryl methyl sites for hydroxylation is 1. The smallest absolute Gasteiger partial charge is 0.269 e. The Bertz CT molecular complexity index is 1250. The second-order valence-corrected chi connectivity index (χ2v) is 8.50. The molecule has 1 aliphatic heterocycles. The number of nitrogens with two attached hydrogens (primary N) is 1. The van der Waals surface area contributed by atoms with Crippen LogP contribution in [-0.4, -0.2) is 66.1 Å². The van der Waals surface area contributed by atoms with Gasteiger partial charge in [0, 0.05) is 24.4 Å². The number of alkyl halides is 1. The van der Waals surface area contributed by atoms with Gasteiger partial charge in [0.2, 0.25) is 11.8 Å². The number of nitrogens with zero attached hydrogens (tertiary/aromatic N) is 6. The average Bonchev–Trinajstić information content (AvgIpc) is 3.38. The van der Waals surface area contributed by atoms with E-state index in [1.807, 2.05) is 0 Å². The molecule has 3 amide bonds. The Morgan fingerprint density at radius 3 is 2.68 bits per heavy atom. The van der Waals surface area contributed by atoms with Gasteiger partial charge in [-0.2, -0.15) is 5.10 Å². The van der Waals surface area contributed by atoms with Crippen LogP contribution >= 0.6 is 15.9 Å². The number of halogens is 2. The van der Waals surface area contributed by atoms with Crippen LogP contribution in [0.2, 0.25) is 0 Å². The Labute approximate surface area is 201 Å². The lowest BCUT2D eigenvalue weighted by Crippen LogP contribution is -2.44. The monoisotopic (exact) mass is 530 g/mol. The van der Waals surface area contributed by atoms with E-state index in [4.69, 9.17) is 5.73 Å².